The van der Waals surface area contributed by atoms with Crippen molar-refractivity contribution in [3.05, 3.63) is 35.0 Å². The average molecular weight is 327 g/mol. The van der Waals surface area contributed by atoms with Gasteiger partial charge in [0.2, 0.25) is 5.37 Å². The summed E-state index contributed by atoms with van der Waals surface area (Å²) in [6.45, 7) is 4.08. The van der Waals surface area contributed by atoms with Gasteiger partial charge in [-0.3, -0.25) is 0 Å². The van der Waals surface area contributed by atoms with E-state index in [4.69, 9.17) is 12.2 Å². The lowest BCUT2D eigenvalue weighted by Crippen LogP contribution is -2.47. The molecule has 1 aliphatic rings. The molecule has 0 bridgehead atoms. The van der Waals surface area contributed by atoms with Crippen molar-refractivity contribution >= 4 is 46.3 Å². The van der Waals surface area contributed by atoms with Gasteiger partial charge in [-0.25, -0.2) is 0 Å². The molecule has 2 rings (SSSR count). The minimum atomic E-state index is -0.279. The van der Waals surface area contributed by atoms with Gasteiger partial charge >= 0.3 is 0 Å². The first-order valence-corrected chi connectivity index (χ1v) is 8.76. The van der Waals surface area contributed by atoms with Crippen molar-refractivity contribution in [3.8, 4) is 0 Å². The van der Waals surface area contributed by atoms with Crippen LogP contribution in [0.25, 0.3) is 0 Å². The van der Waals surface area contributed by atoms with E-state index in [2.05, 4.69) is 0 Å². The minimum Gasteiger partial charge on any atom is -0.623 e. The third kappa shape index (κ3) is 2.97. The second-order valence-electron chi connectivity index (χ2n) is 5.21. The minimum absolute atomic E-state index is 0.222. The fourth-order valence-electron chi connectivity index (χ4n) is 1.99. The van der Waals surface area contributed by atoms with Gasteiger partial charge in [-0.2, -0.15) is 4.74 Å². The molecule has 1 fully saturated rings. The Kier molecular flexibility index (Phi) is 4.66. The largest absolute Gasteiger partial charge is 0.623 e. The predicted octanol–water partition coefficient (Wildman–Crippen LogP) is 3.41. The van der Waals surface area contributed by atoms with Crippen LogP contribution < -0.4 is 0 Å². The Morgan fingerprint density at radius 3 is 2.45 bits per heavy atom. The van der Waals surface area contributed by atoms with Gasteiger partial charge in [0.05, 0.1) is 0 Å². The van der Waals surface area contributed by atoms with Crippen molar-refractivity contribution in [1.82, 2.24) is 4.90 Å². The molecule has 0 radical (unpaired) electrons. The summed E-state index contributed by atoms with van der Waals surface area (Å²) < 4.78 is 1.79. The van der Waals surface area contributed by atoms with Crippen LogP contribution in [0.3, 0.4) is 0 Å². The number of hydrogen-bond donors (Lipinski definition) is 0. The van der Waals surface area contributed by atoms with E-state index >= 15 is 0 Å². The molecule has 1 aliphatic heterocycles. The maximum atomic E-state index is 12.4. The number of hydroxylamine groups is 1. The molecule has 0 saturated carbocycles. The normalized spacial score (nSPS) is 22.4. The fraction of sp³-hybridized carbons (Fsp3) is 0.429. The van der Waals surface area contributed by atoms with Gasteiger partial charge in [-0.1, -0.05) is 12.2 Å². The molecule has 1 aromatic carbocycles. The van der Waals surface area contributed by atoms with Crippen molar-refractivity contribution in [2.24, 2.45) is 0 Å². The van der Waals surface area contributed by atoms with Gasteiger partial charge in [-0.05, 0) is 56.1 Å². The molecule has 6 heteroatoms. The van der Waals surface area contributed by atoms with E-state index < -0.39 is 0 Å². The smallest absolute Gasteiger partial charge is 0.238 e. The molecule has 0 aliphatic carbocycles. The summed E-state index contributed by atoms with van der Waals surface area (Å²) >= 11 is 8.43. The molecule has 0 N–H and O–H groups in total. The Hall–Kier alpha value is -0.720. The molecular weight excluding hydrogens is 308 g/mol. The molecular formula is C14H18N2OS3. The number of benzene rings is 1. The van der Waals surface area contributed by atoms with Gasteiger partial charge in [0.15, 0.2) is 6.21 Å². The first-order valence-electron chi connectivity index (χ1n) is 6.25. The molecule has 0 spiro atoms. The SMILES string of the molecule is CSc1ccc(/C=[N+](\[O-])[C@@H]2SC(=S)N(C)C2(C)C)cc1. The van der Waals surface area contributed by atoms with Crippen LogP contribution in [-0.4, -0.2) is 44.4 Å². The highest BCUT2D eigenvalue weighted by atomic mass is 32.2. The van der Waals surface area contributed by atoms with Crippen LogP contribution in [0.4, 0.5) is 0 Å². The summed E-state index contributed by atoms with van der Waals surface area (Å²) in [6.07, 6.45) is 3.68. The van der Waals surface area contributed by atoms with E-state index in [1.165, 1.54) is 16.7 Å². The van der Waals surface area contributed by atoms with Crippen LogP contribution in [0.2, 0.25) is 0 Å². The lowest BCUT2D eigenvalue weighted by Gasteiger charge is -2.30. The standard InChI is InChI=1S/C14H18N2OS3/c1-14(2)12(20-13(18)15(14)3)16(17)9-10-5-7-11(19-4)8-6-10/h5-9,12H,1-4H3/b16-9-/t12-/m1/s1. The van der Waals surface area contributed by atoms with Crippen LogP contribution in [0.5, 0.6) is 0 Å². The van der Waals surface area contributed by atoms with Gasteiger partial charge < -0.3 is 10.1 Å². The Labute approximate surface area is 134 Å². The van der Waals surface area contributed by atoms with Crippen molar-refractivity contribution in [3.63, 3.8) is 0 Å². The molecule has 3 nitrogen and oxygen atoms in total. The Balaban J connectivity index is 2.24. The average Bonchev–Trinajstić information content (AvgIpc) is 2.63. The molecule has 1 heterocycles. The maximum absolute atomic E-state index is 12.4. The first-order chi connectivity index (χ1) is 9.36. The number of likely N-dealkylation sites (N-methyl/N-ethyl adjacent to an activating group) is 1. The van der Waals surface area contributed by atoms with Crippen LogP contribution in [0.1, 0.15) is 19.4 Å². The summed E-state index contributed by atoms with van der Waals surface area (Å²) in [4.78, 5) is 3.18. The number of thiocarbonyl (C=S) groups is 1. The molecule has 108 valence electrons. The maximum Gasteiger partial charge on any atom is 0.238 e. The molecule has 1 saturated heterocycles. The molecule has 1 aromatic rings. The lowest BCUT2D eigenvalue weighted by molar-refractivity contribution is -0.480. The van der Waals surface area contributed by atoms with E-state index in [-0.39, 0.29) is 10.9 Å². The highest BCUT2D eigenvalue weighted by Gasteiger charge is 2.48. The van der Waals surface area contributed by atoms with Crippen molar-refractivity contribution < 1.29 is 4.74 Å². The Morgan fingerprint density at radius 1 is 1.40 bits per heavy atom. The van der Waals surface area contributed by atoms with E-state index in [1.54, 1.807) is 18.0 Å². The highest BCUT2D eigenvalue weighted by Crippen LogP contribution is 2.38. The van der Waals surface area contributed by atoms with Crippen molar-refractivity contribution in [2.45, 2.75) is 29.7 Å². The van der Waals surface area contributed by atoms with Gasteiger partial charge in [-0.15, -0.1) is 11.8 Å². The number of nitrogens with zero attached hydrogens (tertiary/aromatic N) is 2. The summed E-state index contributed by atoms with van der Waals surface area (Å²) in [5.41, 5.74) is 0.633. The zero-order valence-electron chi connectivity index (χ0n) is 12.0. The monoisotopic (exact) mass is 326 g/mol. The second kappa shape index (κ2) is 5.95. The van der Waals surface area contributed by atoms with Gasteiger partial charge in [0.1, 0.15) is 9.86 Å². The van der Waals surface area contributed by atoms with Crippen LogP contribution >= 0.6 is 35.7 Å². The summed E-state index contributed by atoms with van der Waals surface area (Å²) in [6, 6.07) is 7.97. The summed E-state index contributed by atoms with van der Waals surface area (Å²) in [5.74, 6) is 0. The van der Waals surface area contributed by atoms with E-state index in [0.29, 0.717) is 0 Å². The van der Waals surface area contributed by atoms with Gasteiger partial charge in [0, 0.05) is 17.5 Å². The summed E-state index contributed by atoms with van der Waals surface area (Å²) in [5, 5.41) is 12.2. The second-order valence-corrected chi connectivity index (χ2v) is 7.80. The van der Waals surface area contributed by atoms with E-state index in [1.807, 2.05) is 56.3 Å². The molecule has 0 aromatic heterocycles. The fourth-order valence-corrected chi connectivity index (χ4v) is 4.10. The first kappa shape index (κ1) is 15.7. The third-order valence-corrected chi connectivity index (χ3v) is 6.37. The number of hydrogen-bond acceptors (Lipinski definition) is 4. The Bertz CT molecular complexity index is 540. The third-order valence-electron chi connectivity index (χ3n) is 3.58. The highest BCUT2D eigenvalue weighted by molar-refractivity contribution is 8.23. The molecule has 0 amide bonds. The zero-order chi connectivity index (χ0) is 14.9. The van der Waals surface area contributed by atoms with E-state index in [0.717, 1.165) is 14.6 Å². The summed E-state index contributed by atoms with van der Waals surface area (Å²) in [7, 11) is 1.94. The van der Waals surface area contributed by atoms with Crippen molar-refractivity contribution in [2.75, 3.05) is 13.3 Å². The molecule has 0 unspecified atom stereocenters. The topological polar surface area (TPSA) is 29.3 Å². The molecule has 20 heavy (non-hydrogen) atoms. The van der Waals surface area contributed by atoms with Gasteiger partial charge in [0.25, 0.3) is 0 Å². The van der Waals surface area contributed by atoms with Crippen molar-refractivity contribution in [1.29, 1.82) is 0 Å². The van der Waals surface area contributed by atoms with Crippen LogP contribution in [-0.2, 0) is 0 Å². The number of thioether (sulfide) groups is 2. The van der Waals surface area contributed by atoms with Crippen LogP contribution in [0.15, 0.2) is 29.2 Å². The predicted molar refractivity (Wildman–Crippen MR) is 92.8 cm³/mol. The number of rotatable bonds is 3. The quantitative estimate of drug-likeness (QED) is 0.212. The lowest BCUT2D eigenvalue weighted by atomic mass is 10.0. The van der Waals surface area contributed by atoms with E-state index in [9.17, 15) is 5.21 Å². The Morgan fingerprint density at radius 2 is 2.00 bits per heavy atom. The van der Waals surface area contributed by atoms with Crippen LogP contribution in [0, 0.1) is 5.21 Å². The zero-order valence-corrected chi connectivity index (χ0v) is 14.4. The molecule has 1 atom stereocenters.